The molecule has 1 fully saturated rings. The molecule has 34 heavy (non-hydrogen) atoms. The van der Waals surface area contributed by atoms with E-state index in [0.29, 0.717) is 48.2 Å². The Labute approximate surface area is 200 Å². The molecule has 1 saturated heterocycles. The van der Waals surface area contributed by atoms with E-state index in [2.05, 4.69) is 4.98 Å². The monoisotopic (exact) mass is 474 g/mol. The molecule has 0 aliphatic carbocycles. The average molecular weight is 475 g/mol. The number of methoxy groups -OCH3 is 3. The zero-order chi connectivity index (χ0) is 24.8. The quantitative estimate of drug-likeness (QED) is 0.525. The maximum Gasteiger partial charge on any atom is 0.355 e. The van der Waals surface area contributed by atoms with Gasteiger partial charge in [0.2, 0.25) is 5.75 Å². The van der Waals surface area contributed by atoms with E-state index in [1.165, 1.54) is 21.3 Å². The number of benzene rings is 1. The van der Waals surface area contributed by atoms with Gasteiger partial charge in [-0.15, -0.1) is 0 Å². The summed E-state index contributed by atoms with van der Waals surface area (Å²) in [6.45, 7) is 7.22. The number of hydrogen-bond donors (Lipinski definition) is 1. The van der Waals surface area contributed by atoms with Crippen LogP contribution < -0.4 is 14.2 Å². The number of rotatable bonds is 10. The van der Waals surface area contributed by atoms with Gasteiger partial charge >= 0.3 is 5.97 Å². The van der Waals surface area contributed by atoms with Gasteiger partial charge in [0.25, 0.3) is 5.91 Å². The number of nitrogens with one attached hydrogen (secondary N) is 1. The van der Waals surface area contributed by atoms with Crippen molar-refractivity contribution >= 4 is 11.9 Å². The van der Waals surface area contributed by atoms with E-state index in [1.807, 2.05) is 13.8 Å². The number of esters is 1. The van der Waals surface area contributed by atoms with Gasteiger partial charge in [0, 0.05) is 31.0 Å². The van der Waals surface area contributed by atoms with Crippen LogP contribution in [0.5, 0.6) is 17.2 Å². The predicted octanol–water partition coefficient (Wildman–Crippen LogP) is 3.66. The van der Waals surface area contributed by atoms with Gasteiger partial charge in [-0.1, -0.05) is 0 Å². The summed E-state index contributed by atoms with van der Waals surface area (Å²) in [5.41, 5.74) is 3.28. The first kappa shape index (κ1) is 25.4. The SMILES string of the molecule is CCOC(=O)c1[nH]c(C)c(CN(CC2CCCO2)C(=O)c2cc(OC)c(OC)c(OC)c2)c1C. The fourth-order valence-corrected chi connectivity index (χ4v) is 4.26. The van der Waals surface area contributed by atoms with Gasteiger partial charge < -0.3 is 33.6 Å². The van der Waals surface area contributed by atoms with Crippen LogP contribution >= 0.6 is 0 Å². The molecule has 0 saturated carbocycles. The van der Waals surface area contributed by atoms with Crippen LogP contribution in [0.15, 0.2) is 12.1 Å². The maximum atomic E-state index is 13.8. The Balaban J connectivity index is 1.98. The Hall–Kier alpha value is -3.20. The normalized spacial score (nSPS) is 15.2. The summed E-state index contributed by atoms with van der Waals surface area (Å²) in [5, 5.41) is 0. The molecule has 0 spiro atoms. The number of aromatic nitrogens is 1. The lowest BCUT2D eigenvalue weighted by molar-refractivity contribution is 0.0506. The molecular weight excluding hydrogens is 440 g/mol. The van der Waals surface area contributed by atoms with Crippen LogP contribution in [0.3, 0.4) is 0 Å². The van der Waals surface area contributed by atoms with Crippen molar-refractivity contribution in [3.05, 3.63) is 40.2 Å². The largest absolute Gasteiger partial charge is 0.493 e. The first-order valence-corrected chi connectivity index (χ1v) is 11.4. The Bertz CT molecular complexity index is 1000. The van der Waals surface area contributed by atoms with Gasteiger partial charge in [-0.2, -0.15) is 0 Å². The van der Waals surface area contributed by atoms with Gasteiger partial charge in [0.15, 0.2) is 11.5 Å². The van der Waals surface area contributed by atoms with Crippen LogP contribution in [0.4, 0.5) is 0 Å². The summed E-state index contributed by atoms with van der Waals surface area (Å²) in [4.78, 5) is 31.0. The highest BCUT2D eigenvalue weighted by atomic mass is 16.5. The molecular formula is C25H34N2O7. The smallest absolute Gasteiger partial charge is 0.355 e. The van der Waals surface area contributed by atoms with Crippen molar-refractivity contribution in [2.24, 2.45) is 0 Å². The van der Waals surface area contributed by atoms with Crippen LogP contribution in [-0.4, -0.2) is 69.0 Å². The molecule has 1 atom stereocenters. The van der Waals surface area contributed by atoms with Gasteiger partial charge in [0.05, 0.1) is 34.0 Å². The summed E-state index contributed by atoms with van der Waals surface area (Å²) in [7, 11) is 4.54. The molecule has 1 unspecified atom stereocenters. The van der Waals surface area contributed by atoms with Crippen molar-refractivity contribution in [2.45, 2.75) is 46.3 Å². The van der Waals surface area contributed by atoms with Crippen LogP contribution in [0.2, 0.25) is 0 Å². The number of H-pyrrole nitrogens is 1. The van der Waals surface area contributed by atoms with Gasteiger partial charge in [-0.25, -0.2) is 4.79 Å². The zero-order valence-electron chi connectivity index (χ0n) is 20.8. The Kier molecular flexibility index (Phi) is 8.44. The predicted molar refractivity (Wildman–Crippen MR) is 126 cm³/mol. The summed E-state index contributed by atoms with van der Waals surface area (Å²) in [5.74, 6) is 0.619. The lowest BCUT2D eigenvalue weighted by atomic mass is 10.1. The number of ether oxygens (including phenoxy) is 5. The third-order valence-corrected chi connectivity index (χ3v) is 6.07. The van der Waals surface area contributed by atoms with Crippen LogP contribution in [-0.2, 0) is 16.0 Å². The molecule has 1 aromatic heterocycles. The number of aryl methyl sites for hydroxylation is 1. The van der Waals surface area contributed by atoms with Gasteiger partial charge in [-0.3, -0.25) is 4.79 Å². The molecule has 9 heteroatoms. The molecule has 1 aromatic carbocycles. The minimum atomic E-state index is -0.407. The second kappa shape index (κ2) is 11.3. The third kappa shape index (κ3) is 5.30. The Morgan fingerprint density at radius 2 is 1.79 bits per heavy atom. The number of carbonyl (C=O) groups excluding carboxylic acids is 2. The van der Waals surface area contributed by atoms with Crippen molar-refractivity contribution in [2.75, 3.05) is 41.1 Å². The Morgan fingerprint density at radius 3 is 2.32 bits per heavy atom. The lowest BCUT2D eigenvalue weighted by Crippen LogP contribution is -2.37. The number of hydrogen-bond acceptors (Lipinski definition) is 7. The van der Waals surface area contributed by atoms with Crippen molar-refractivity contribution < 1.29 is 33.3 Å². The average Bonchev–Trinajstić information content (AvgIpc) is 3.45. The number of carbonyl (C=O) groups is 2. The third-order valence-electron chi connectivity index (χ3n) is 6.07. The van der Waals surface area contributed by atoms with Crippen molar-refractivity contribution in [1.29, 1.82) is 0 Å². The van der Waals surface area contributed by atoms with Gasteiger partial charge in [-0.05, 0) is 56.9 Å². The van der Waals surface area contributed by atoms with Crippen molar-refractivity contribution in [3.63, 3.8) is 0 Å². The molecule has 3 rings (SSSR count). The minimum absolute atomic E-state index is 0.0462. The standard InChI is InChI=1S/C25H34N2O7/c1-7-33-25(29)22-15(2)19(16(3)26-22)14-27(13-18-9-8-10-34-18)24(28)17-11-20(30-4)23(32-6)21(12-17)31-5/h11-12,18,26H,7-10,13-14H2,1-6H3. The molecule has 9 nitrogen and oxygen atoms in total. The van der Waals surface area contributed by atoms with E-state index in [-0.39, 0.29) is 18.6 Å². The van der Waals surface area contributed by atoms with Crippen LogP contribution in [0.25, 0.3) is 0 Å². The van der Waals surface area contributed by atoms with E-state index < -0.39 is 5.97 Å². The lowest BCUT2D eigenvalue weighted by Gasteiger charge is -2.26. The van der Waals surface area contributed by atoms with Crippen LogP contribution in [0.1, 0.15) is 57.4 Å². The first-order valence-electron chi connectivity index (χ1n) is 11.4. The van der Waals surface area contributed by atoms with Crippen LogP contribution in [0, 0.1) is 13.8 Å². The summed E-state index contributed by atoms with van der Waals surface area (Å²) >= 11 is 0. The fraction of sp³-hybridized carbons (Fsp3) is 0.520. The second-order valence-electron chi connectivity index (χ2n) is 8.18. The molecule has 0 bridgehead atoms. The summed E-state index contributed by atoms with van der Waals surface area (Å²) in [6.07, 6.45) is 1.81. The fourth-order valence-electron chi connectivity index (χ4n) is 4.26. The minimum Gasteiger partial charge on any atom is -0.493 e. The molecule has 1 aliphatic heterocycles. The number of aromatic amines is 1. The maximum absolute atomic E-state index is 13.8. The highest BCUT2D eigenvalue weighted by molar-refractivity contribution is 5.96. The molecule has 2 aromatic rings. The van der Waals surface area contributed by atoms with Crippen molar-refractivity contribution in [3.8, 4) is 17.2 Å². The van der Waals surface area contributed by atoms with E-state index in [9.17, 15) is 9.59 Å². The molecule has 1 aliphatic rings. The molecule has 2 heterocycles. The molecule has 1 amide bonds. The highest BCUT2D eigenvalue weighted by Crippen LogP contribution is 2.38. The van der Waals surface area contributed by atoms with Crippen molar-refractivity contribution in [1.82, 2.24) is 9.88 Å². The molecule has 0 radical (unpaired) electrons. The summed E-state index contributed by atoms with van der Waals surface area (Å²) < 4.78 is 27.3. The number of nitrogens with zero attached hydrogens (tertiary/aromatic N) is 1. The van der Waals surface area contributed by atoms with E-state index in [1.54, 1.807) is 24.0 Å². The van der Waals surface area contributed by atoms with E-state index >= 15 is 0 Å². The second-order valence-corrected chi connectivity index (χ2v) is 8.18. The summed E-state index contributed by atoms with van der Waals surface area (Å²) in [6, 6.07) is 3.29. The Morgan fingerprint density at radius 1 is 1.12 bits per heavy atom. The first-order chi connectivity index (χ1) is 16.3. The molecule has 186 valence electrons. The van der Waals surface area contributed by atoms with Gasteiger partial charge in [0.1, 0.15) is 5.69 Å². The van der Waals surface area contributed by atoms with E-state index in [4.69, 9.17) is 23.7 Å². The molecule has 1 N–H and O–H groups in total. The highest BCUT2D eigenvalue weighted by Gasteiger charge is 2.28. The number of amides is 1. The topological polar surface area (TPSA) is 99.3 Å². The zero-order valence-corrected chi connectivity index (χ0v) is 20.8. The van der Waals surface area contributed by atoms with E-state index in [0.717, 1.165) is 29.7 Å².